The first-order valence-corrected chi connectivity index (χ1v) is 7.10. The number of pyridine rings is 1. The highest BCUT2D eigenvalue weighted by molar-refractivity contribution is 5.58. The molecule has 104 valence electrons. The number of aromatic nitrogens is 2. The molecule has 20 heavy (non-hydrogen) atoms. The maximum Gasteiger partial charge on any atom is 0.166 e. The van der Waals surface area contributed by atoms with E-state index in [9.17, 15) is 5.26 Å². The summed E-state index contributed by atoms with van der Waals surface area (Å²) in [5.41, 5.74) is 1.42. The zero-order valence-electron chi connectivity index (χ0n) is 11.7. The summed E-state index contributed by atoms with van der Waals surface area (Å²) >= 11 is 0. The van der Waals surface area contributed by atoms with Crippen LogP contribution in [-0.2, 0) is 6.42 Å². The number of nitrogens with one attached hydrogen (secondary N) is 1. The first-order chi connectivity index (χ1) is 9.79. The zero-order chi connectivity index (χ0) is 13.9. The third-order valence-electron chi connectivity index (χ3n) is 3.98. The smallest absolute Gasteiger partial charge is 0.166 e. The standard InChI is InChI=1S/C15H19N5/c1-12(19-8-5-17-6-9-19)10-15-18-13(11-16)14-4-2-3-7-20(14)15/h2-4,7,12,17H,5-6,8-10H2,1H3. The van der Waals surface area contributed by atoms with Crippen LogP contribution in [0.4, 0.5) is 0 Å². The predicted molar refractivity (Wildman–Crippen MR) is 77.5 cm³/mol. The Morgan fingerprint density at radius 3 is 2.95 bits per heavy atom. The molecule has 0 radical (unpaired) electrons. The van der Waals surface area contributed by atoms with Crippen LogP contribution in [0.5, 0.6) is 0 Å². The molecule has 1 aliphatic rings. The Balaban J connectivity index is 1.85. The van der Waals surface area contributed by atoms with E-state index in [0.29, 0.717) is 11.7 Å². The number of nitrogens with zero attached hydrogens (tertiary/aromatic N) is 4. The van der Waals surface area contributed by atoms with Crippen LogP contribution < -0.4 is 5.32 Å². The molecule has 1 saturated heterocycles. The van der Waals surface area contributed by atoms with Crippen LogP contribution in [0.1, 0.15) is 18.4 Å². The molecule has 0 saturated carbocycles. The Hall–Kier alpha value is -1.90. The normalized spacial score (nSPS) is 18.0. The van der Waals surface area contributed by atoms with Crippen LogP contribution in [-0.4, -0.2) is 46.5 Å². The molecule has 5 nitrogen and oxygen atoms in total. The summed E-state index contributed by atoms with van der Waals surface area (Å²) in [6, 6.07) is 8.50. The summed E-state index contributed by atoms with van der Waals surface area (Å²) in [4.78, 5) is 6.98. The second-order valence-electron chi connectivity index (χ2n) is 5.28. The lowest BCUT2D eigenvalue weighted by Crippen LogP contribution is -2.48. The molecule has 0 bridgehead atoms. The van der Waals surface area contributed by atoms with E-state index in [-0.39, 0.29) is 0 Å². The molecule has 1 atom stereocenters. The van der Waals surface area contributed by atoms with Gasteiger partial charge in [0, 0.05) is 44.8 Å². The van der Waals surface area contributed by atoms with Crippen LogP contribution in [0.15, 0.2) is 24.4 Å². The lowest BCUT2D eigenvalue weighted by atomic mass is 10.1. The highest BCUT2D eigenvalue weighted by Crippen LogP contribution is 2.15. The average Bonchev–Trinajstić information content (AvgIpc) is 2.86. The summed E-state index contributed by atoms with van der Waals surface area (Å²) in [5, 5.41) is 12.6. The first kappa shape index (κ1) is 13.1. The third-order valence-corrected chi connectivity index (χ3v) is 3.98. The van der Waals surface area contributed by atoms with Crippen molar-refractivity contribution in [3.05, 3.63) is 35.9 Å². The summed E-state index contributed by atoms with van der Waals surface area (Å²) in [6.45, 7) is 6.50. The van der Waals surface area contributed by atoms with Gasteiger partial charge in [-0.3, -0.25) is 4.90 Å². The monoisotopic (exact) mass is 269 g/mol. The molecule has 1 fully saturated rings. The Morgan fingerprint density at radius 2 is 2.20 bits per heavy atom. The zero-order valence-corrected chi connectivity index (χ0v) is 11.7. The average molecular weight is 269 g/mol. The van der Waals surface area contributed by atoms with Crippen molar-refractivity contribution >= 4 is 5.52 Å². The molecule has 0 spiro atoms. The van der Waals surface area contributed by atoms with Crippen molar-refractivity contribution in [2.75, 3.05) is 26.2 Å². The van der Waals surface area contributed by atoms with Crippen LogP contribution in [0.25, 0.3) is 5.52 Å². The van der Waals surface area contributed by atoms with E-state index in [2.05, 4.69) is 28.2 Å². The summed E-state index contributed by atoms with van der Waals surface area (Å²) < 4.78 is 2.04. The van der Waals surface area contributed by atoms with Crippen LogP contribution >= 0.6 is 0 Å². The van der Waals surface area contributed by atoms with Crippen LogP contribution in [0.2, 0.25) is 0 Å². The molecular formula is C15H19N5. The van der Waals surface area contributed by atoms with E-state index in [1.54, 1.807) is 0 Å². The molecule has 1 unspecified atom stereocenters. The van der Waals surface area contributed by atoms with E-state index in [1.165, 1.54) is 0 Å². The van der Waals surface area contributed by atoms with E-state index in [0.717, 1.165) is 43.9 Å². The second kappa shape index (κ2) is 5.61. The molecule has 1 N–H and O–H groups in total. The van der Waals surface area contributed by atoms with Crippen molar-refractivity contribution in [3.63, 3.8) is 0 Å². The topological polar surface area (TPSA) is 56.4 Å². The van der Waals surface area contributed by atoms with E-state index < -0.39 is 0 Å². The molecule has 1 aliphatic heterocycles. The maximum absolute atomic E-state index is 9.19. The molecule has 3 rings (SSSR count). The van der Waals surface area contributed by atoms with Gasteiger partial charge < -0.3 is 9.72 Å². The van der Waals surface area contributed by atoms with Crippen molar-refractivity contribution < 1.29 is 0 Å². The highest BCUT2D eigenvalue weighted by atomic mass is 15.2. The minimum Gasteiger partial charge on any atom is -0.314 e. The summed E-state index contributed by atoms with van der Waals surface area (Å²) in [5.74, 6) is 0.975. The van der Waals surface area contributed by atoms with Gasteiger partial charge in [-0.15, -0.1) is 0 Å². The lowest BCUT2D eigenvalue weighted by Gasteiger charge is -2.32. The number of piperazine rings is 1. The molecule has 0 aromatic carbocycles. The number of rotatable bonds is 3. The van der Waals surface area contributed by atoms with Crippen molar-refractivity contribution in [2.45, 2.75) is 19.4 Å². The predicted octanol–water partition coefficient (Wildman–Crippen LogP) is 1.04. The van der Waals surface area contributed by atoms with Crippen molar-refractivity contribution in [1.29, 1.82) is 5.26 Å². The van der Waals surface area contributed by atoms with E-state index in [4.69, 9.17) is 0 Å². The Labute approximate surface area is 118 Å². The Kier molecular flexibility index (Phi) is 3.68. The number of hydrogen-bond donors (Lipinski definition) is 1. The lowest BCUT2D eigenvalue weighted by molar-refractivity contribution is 0.181. The number of fused-ring (bicyclic) bond motifs is 1. The fraction of sp³-hybridized carbons (Fsp3) is 0.467. The second-order valence-corrected chi connectivity index (χ2v) is 5.28. The molecular weight excluding hydrogens is 250 g/mol. The number of hydrogen-bond acceptors (Lipinski definition) is 4. The van der Waals surface area contributed by atoms with Crippen LogP contribution in [0.3, 0.4) is 0 Å². The fourth-order valence-corrected chi connectivity index (χ4v) is 2.84. The van der Waals surface area contributed by atoms with E-state index in [1.807, 2.05) is 28.8 Å². The van der Waals surface area contributed by atoms with Gasteiger partial charge in [-0.2, -0.15) is 5.26 Å². The Morgan fingerprint density at radius 1 is 1.40 bits per heavy atom. The summed E-state index contributed by atoms with van der Waals surface area (Å²) in [7, 11) is 0. The van der Waals surface area contributed by atoms with Gasteiger partial charge in [0.2, 0.25) is 0 Å². The quantitative estimate of drug-likeness (QED) is 0.904. The highest BCUT2D eigenvalue weighted by Gasteiger charge is 2.19. The fourth-order valence-electron chi connectivity index (χ4n) is 2.84. The number of imidazole rings is 1. The molecule has 0 aliphatic carbocycles. The van der Waals surface area contributed by atoms with Gasteiger partial charge in [0.1, 0.15) is 11.9 Å². The van der Waals surface area contributed by atoms with Gasteiger partial charge in [-0.1, -0.05) is 6.07 Å². The first-order valence-electron chi connectivity index (χ1n) is 7.10. The van der Waals surface area contributed by atoms with Crippen molar-refractivity contribution in [1.82, 2.24) is 19.6 Å². The summed E-state index contributed by atoms with van der Waals surface area (Å²) in [6.07, 6.45) is 2.86. The maximum atomic E-state index is 9.19. The van der Waals surface area contributed by atoms with Crippen molar-refractivity contribution in [3.8, 4) is 6.07 Å². The third kappa shape index (κ3) is 2.40. The van der Waals surface area contributed by atoms with E-state index >= 15 is 0 Å². The van der Waals surface area contributed by atoms with Gasteiger partial charge in [0.25, 0.3) is 0 Å². The largest absolute Gasteiger partial charge is 0.314 e. The van der Waals surface area contributed by atoms with Gasteiger partial charge in [-0.05, 0) is 19.1 Å². The molecule has 5 heteroatoms. The van der Waals surface area contributed by atoms with Gasteiger partial charge in [-0.25, -0.2) is 4.98 Å². The van der Waals surface area contributed by atoms with Crippen LogP contribution in [0, 0.1) is 11.3 Å². The molecule has 2 aromatic heterocycles. The van der Waals surface area contributed by atoms with Crippen molar-refractivity contribution in [2.24, 2.45) is 0 Å². The molecule has 0 amide bonds. The minimum atomic E-state index is 0.439. The molecule has 2 aromatic rings. The SMILES string of the molecule is CC(Cc1nc(C#N)c2ccccn12)N1CCNCC1. The van der Waals surface area contributed by atoms with Gasteiger partial charge >= 0.3 is 0 Å². The molecule has 3 heterocycles. The number of nitriles is 1. The minimum absolute atomic E-state index is 0.439. The Bertz CT molecular complexity index is 633. The van der Waals surface area contributed by atoms with Gasteiger partial charge in [0.15, 0.2) is 5.69 Å². The van der Waals surface area contributed by atoms with Gasteiger partial charge in [0.05, 0.1) is 5.52 Å².